The summed E-state index contributed by atoms with van der Waals surface area (Å²) in [4.78, 5) is 16.6. The average molecular weight is 364 g/mol. The zero-order chi connectivity index (χ0) is 16.7. The molecule has 0 aromatic carbocycles. The van der Waals surface area contributed by atoms with Crippen molar-refractivity contribution in [2.45, 2.75) is 49.5 Å². The van der Waals surface area contributed by atoms with E-state index in [0.717, 1.165) is 12.8 Å². The Balaban J connectivity index is 1.57. The van der Waals surface area contributed by atoms with Gasteiger partial charge in [-0.1, -0.05) is 12.1 Å². The third kappa shape index (κ3) is 2.62. The molecule has 0 amide bonds. The monoisotopic (exact) mass is 363 g/mol. The van der Waals surface area contributed by atoms with E-state index in [1.54, 1.807) is 12.1 Å². The number of aliphatic hydroxyl groups is 1. The van der Waals surface area contributed by atoms with Crippen LogP contribution in [0.4, 0.5) is 0 Å². The minimum atomic E-state index is -1.69. The van der Waals surface area contributed by atoms with Crippen LogP contribution in [-0.4, -0.2) is 41.2 Å². The SMILES string of the molecule is CN1C2CCC1CC(OC(=O)C(O)(c1cccs1)c1cccs1)C2. The number of thiophene rings is 2. The van der Waals surface area contributed by atoms with Crippen LogP contribution in [0.5, 0.6) is 0 Å². The van der Waals surface area contributed by atoms with E-state index in [1.807, 2.05) is 22.9 Å². The number of piperidine rings is 1. The number of rotatable bonds is 4. The molecule has 2 saturated heterocycles. The van der Waals surface area contributed by atoms with Gasteiger partial charge >= 0.3 is 5.97 Å². The maximum Gasteiger partial charge on any atom is 0.349 e. The zero-order valence-corrected chi connectivity index (χ0v) is 15.2. The lowest BCUT2D eigenvalue weighted by Gasteiger charge is -2.37. The highest BCUT2D eigenvalue weighted by Crippen LogP contribution is 2.40. The first-order valence-corrected chi connectivity index (χ1v) is 10.1. The lowest BCUT2D eigenvalue weighted by Crippen LogP contribution is -2.46. The molecule has 6 heteroatoms. The molecule has 2 unspecified atom stereocenters. The molecule has 0 saturated carbocycles. The van der Waals surface area contributed by atoms with E-state index in [4.69, 9.17) is 4.74 Å². The van der Waals surface area contributed by atoms with Crippen LogP contribution in [0.25, 0.3) is 0 Å². The van der Waals surface area contributed by atoms with E-state index in [2.05, 4.69) is 11.9 Å². The Labute approximate surface area is 149 Å². The van der Waals surface area contributed by atoms with Gasteiger partial charge in [0.1, 0.15) is 6.10 Å². The number of hydrogen-bond donors (Lipinski definition) is 1. The van der Waals surface area contributed by atoms with Crippen molar-refractivity contribution < 1.29 is 14.6 Å². The maximum atomic E-state index is 13.0. The molecule has 4 rings (SSSR count). The number of ether oxygens (including phenoxy) is 1. The second-order valence-corrected chi connectivity index (χ2v) is 8.61. The second-order valence-electron chi connectivity index (χ2n) is 6.71. The lowest BCUT2D eigenvalue weighted by molar-refractivity contribution is -0.170. The third-order valence-corrected chi connectivity index (χ3v) is 7.34. The smallest absolute Gasteiger partial charge is 0.349 e. The van der Waals surface area contributed by atoms with Crippen LogP contribution < -0.4 is 0 Å². The van der Waals surface area contributed by atoms with Crippen molar-refractivity contribution in [1.82, 2.24) is 4.90 Å². The molecule has 2 fully saturated rings. The summed E-state index contributed by atoms with van der Waals surface area (Å²) < 4.78 is 5.83. The van der Waals surface area contributed by atoms with Crippen LogP contribution in [0.1, 0.15) is 35.4 Å². The van der Waals surface area contributed by atoms with Gasteiger partial charge in [-0.3, -0.25) is 0 Å². The molecule has 0 spiro atoms. The number of hydrogen-bond acceptors (Lipinski definition) is 6. The summed E-state index contributed by atoms with van der Waals surface area (Å²) in [6.45, 7) is 0. The fourth-order valence-corrected chi connectivity index (χ4v) is 5.70. The van der Waals surface area contributed by atoms with Gasteiger partial charge < -0.3 is 14.7 Å². The van der Waals surface area contributed by atoms with Gasteiger partial charge in [0.2, 0.25) is 5.60 Å². The zero-order valence-electron chi connectivity index (χ0n) is 13.6. The first-order chi connectivity index (χ1) is 11.6. The number of esters is 1. The normalized spacial score (nSPS) is 27.3. The summed E-state index contributed by atoms with van der Waals surface area (Å²) in [5, 5.41) is 15.0. The van der Waals surface area contributed by atoms with Crippen molar-refractivity contribution in [3.8, 4) is 0 Å². The second kappa shape index (κ2) is 6.26. The largest absolute Gasteiger partial charge is 0.460 e. The van der Waals surface area contributed by atoms with Crippen molar-refractivity contribution in [3.63, 3.8) is 0 Å². The minimum absolute atomic E-state index is 0.0994. The Kier molecular flexibility index (Phi) is 4.24. The summed E-state index contributed by atoms with van der Waals surface area (Å²) >= 11 is 2.76. The molecule has 2 aliphatic rings. The van der Waals surface area contributed by atoms with Crippen molar-refractivity contribution in [1.29, 1.82) is 0 Å². The number of carbonyl (C=O) groups is 1. The number of fused-ring (bicyclic) bond motifs is 2. The lowest BCUT2D eigenvalue weighted by atomic mass is 9.98. The molecule has 2 aromatic heterocycles. The van der Waals surface area contributed by atoms with Gasteiger partial charge in [-0.05, 0) is 55.6 Å². The summed E-state index contributed by atoms with van der Waals surface area (Å²) in [5.41, 5.74) is -1.69. The van der Waals surface area contributed by atoms with Crippen LogP contribution in [0, 0.1) is 0 Å². The van der Waals surface area contributed by atoms with Crippen molar-refractivity contribution in [3.05, 3.63) is 44.8 Å². The Bertz CT molecular complexity index is 650. The minimum Gasteiger partial charge on any atom is -0.460 e. The van der Waals surface area contributed by atoms with Crippen LogP contribution in [0.2, 0.25) is 0 Å². The molecule has 128 valence electrons. The predicted octanol–water partition coefficient (Wildman–Crippen LogP) is 3.21. The van der Waals surface area contributed by atoms with Gasteiger partial charge in [0.05, 0.1) is 9.75 Å². The standard InChI is InChI=1S/C18H21NO3S2/c1-19-12-6-7-13(19)11-14(10-12)22-17(20)18(21,15-4-2-8-23-15)16-5-3-9-24-16/h2-5,8-9,12-14,21H,6-7,10-11H2,1H3. The summed E-state index contributed by atoms with van der Waals surface area (Å²) in [5.74, 6) is -0.540. The maximum absolute atomic E-state index is 13.0. The molecular weight excluding hydrogens is 342 g/mol. The Morgan fingerprint density at radius 1 is 1.17 bits per heavy atom. The average Bonchev–Trinajstić information content (AvgIpc) is 3.30. The molecule has 2 aliphatic heterocycles. The molecular formula is C18H21NO3S2. The Hall–Kier alpha value is -1.21. The van der Waals surface area contributed by atoms with E-state index in [9.17, 15) is 9.90 Å². The van der Waals surface area contributed by atoms with Crippen molar-refractivity contribution >= 4 is 28.6 Å². The van der Waals surface area contributed by atoms with Crippen LogP contribution >= 0.6 is 22.7 Å². The first kappa shape index (κ1) is 16.3. The van der Waals surface area contributed by atoms with Crippen LogP contribution in [0.15, 0.2) is 35.0 Å². The quantitative estimate of drug-likeness (QED) is 0.848. The van der Waals surface area contributed by atoms with E-state index >= 15 is 0 Å². The summed E-state index contributed by atoms with van der Waals surface area (Å²) in [6.07, 6.45) is 3.98. The molecule has 2 bridgehead atoms. The molecule has 2 aromatic rings. The highest BCUT2D eigenvalue weighted by molar-refractivity contribution is 7.12. The summed E-state index contributed by atoms with van der Waals surface area (Å²) in [6, 6.07) is 8.29. The Morgan fingerprint density at radius 3 is 2.17 bits per heavy atom. The molecule has 4 heterocycles. The number of nitrogens with zero attached hydrogens (tertiary/aromatic N) is 1. The fraction of sp³-hybridized carbons (Fsp3) is 0.500. The number of carbonyl (C=O) groups excluding carboxylic acids is 1. The molecule has 1 N–H and O–H groups in total. The van der Waals surface area contributed by atoms with Gasteiger partial charge in [0.25, 0.3) is 0 Å². The molecule has 0 aliphatic carbocycles. The molecule has 4 nitrogen and oxygen atoms in total. The van der Waals surface area contributed by atoms with E-state index < -0.39 is 11.6 Å². The van der Waals surface area contributed by atoms with E-state index in [0.29, 0.717) is 21.8 Å². The van der Waals surface area contributed by atoms with Crippen LogP contribution in [-0.2, 0) is 15.1 Å². The first-order valence-electron chi connectivity index (χ1n) is 8.32. The molecule has 2 atom stereocenters. The molecule has 24 heavy (non-hydrogen) atoms. The van der Waals surface area contributed by atoms with Gasteiger partial charge in [-0.2, -0.15) is 0 Å². The highest BCUT2D eigenvalue weighted by Gasteiger charge is 2.47. The van der Waals surface area contributed by atoms with Crippen LogP contribution in [0.3, 0.4) is 0 Å². The van der Waals surface area contributed by atoms with Gasteiger partial charge in [-0.25, -0.2) is 4.79 Å². The third-order valence-electron chi connectivity index (χ3n) is 5.38. The Morgan fingerprint density at radius 2 is 1.71 bits per heavy atom. The topological polar surface area (TPSA) is 49.8 Å². The van der Waals surface area contributed by atoms with E-state index in [1.165, 1.54) is 35.5 Å². The van der Waals surface area contributed by atoms with Crippen molar-refractivity contribution in [2.24, 2.45) is 0 Å². The van der Waals surface area contributed by atoms with Crippen molar-refractivity contribution in [2.75, 3.05) is 7.05 Å². The highest BCUT2D eigenvalue weighted by atomic mass is 32.1. The fourth-order valence-electron chi connectivity index (χ4n) is 3.99. The summed E-state index contributed by atoms with van der Waals surface area (Å²) in [7, 11) is 2.16. The molecule has 0 radical (unpaired) electrons. The van der Waals surface area contributed by atoms with Gasteiger partial charge in [0.15, 0.2) is 0 Å². The van der Waals surface area contributed by atoms with E-state index in [-0.39, 0.29) is 6.10 Å². The van der Waals surface area contributed by atoms with Gasteiger partial charge in [0, 0.05) is 12.1 Å². The van der Waals surface area contributed by atoms with Gasteiger partial charge in [-0.15, -0.1) is 22.7 Å². The predicted molar refractivity (Wildman–Crippen MR) is 95.3 cm³/mol.